The van der Waals surface area contributed by atoms with Crippen molar-refractivity contribution < 1.29 is 37.4 Å². The van der Waals surface area contributed by atoms with Gasteiger partial charge in [-0.05, 0) is 107 Å². The van der Waals surface area contributed by atoms with Crippen LogP contribution in [0.1, 0.15) is 157 Å². The van der Waals surface area contributed by atoms with Gasteiger partial charge >= 0.3 is 5.97 Å². The molecule has 8 nitrogen and oxygen atoms in total. The first-order chi connectivity index (χ1) is 30.3. The highest BCUT2D eigenvalue weighted by Crippen LogP contribution is 2.78. The fraction of sp³-hybridized carbons (Fsp3) is 0.642. The minimum atomic E-state index is -3.14. The molecule has 4 fully saturated rings. The van der Waals surface area contributed by atoms with Crippen LogP contribution in [0.25, 0.3) is 0 Å². The summed E-state index contributed by atoms with van der Waals surface area (Å²) in [6.45, 7) is 16.1. The Morgan fingerprint density at radius 3 is 1.15 bits per heavy atom. The number of rotatable bonds is 29. The van der Waals surface area contributed by atoms with Gasteiger partial charge in [0.15, 0.2) is 0 Å². The van der Waals surface area contributed by atoms with Crippen molar-refractivity contribution in [1.82, 2.24) is 0 Å². The molecule has 62 heavy (non-hydrogen) atoms. The van der Waals surface area contributed by atoms with Crippen LogP contribution in [0.2, 0.25) is 0 Å². The molecule has 4 bridgehead atoms. The fourth-order valence-electron chi connectivity index (χ4n) is 9.89. The van der Waals surface area contributed by atoms with Gasteiger partial charge in [0.25, 0.3) is 0 Å². The number of carbonyl (C=O) groups is 1. The number of unbranched alkanes of at least 4 members (excludes halogenated alkanes) is 6. The van der Waals surface area contributed by atoms with Crippen LogP contribution in [0.3, 0.4) is 0 Å². The average molecular weight is 875 g/mol. The van der Waals surface area contributed by atoms with Crippen molar-refractivity contribution >= 4 is 16.3 Å². The first kappa shape index (κ1) is 47.8. The molecule has 0 spiro atoms. The van der Waals surface area contributed by atoms with E-state index in [0.29, 0.717) is 102 Å². The molecule has 0 N–H and O–H groups in total. The van der Waals surface area contributed by atoms with E-state index >= 15 is 4.79 Å². The summed E-state index contributed by atoms with van der Waals surface area (Å²) in [7, 11) is -3.14. The third kappa shape index (κ3) is 11.5. The van der Waals surface area contributed by atoms with E-state index < -0.39 is 15.7 Å². The van der Waals surface area contributed by atoms with Gasteiger partial charge < -0.3 is 32.6 Å². The normalized spacial score (nSPS) is 20.5. The van der Waals surface area contributed by atoms with Gasteiger partial charge in [0.1, 0.15) is 44.3 Å². The summed E-state index contributed by atoms with van der Waals surface area (Å²) in [6, 6.07) is 18.4. The quantitative estimate of drug-likeness (QED) is 0.0638. The predicted octanol–water partition coefficient (Wildman–Crippen LogP) is 14.7. The Morgan fingerprint density at radius 2 is 0.823 bits per heavy atom. The molecule has 4 saturated carbocycles. The molecule has 0 aliphatic heterocycles. The summed E-state index contributed by atoms with van der Waals surface area (Å²) < 4.78 is 48.7. The third-order valence-corrected chi connectivity index (χ3v) is 16.2. The van der Waals surface area contributed by atoms with Crippen molar-refractivity contribution in [1.29, 1.82) is 0 Å². The van der Waals surface area contributed by atoms with Gasteiger partial charge in [0, 0.05) is 39.5 Å². The van der Waals surface area contributed by atoms with Crippen LogP contribution < -0.4 is 28.4 Å². The molecular weight excluding hydrogens is 797 g/mol. The van der Waals surface area contributed by atoms with E-state index in [9.17, 15) is 0 Å². The zero-order valence-corrected chi connectivity index (χ0v) is 39.9. The summed E-state index contributed by atoms with van der Waals surface area (Å²) in [6.07, 6.45) is 17.4. The number of hydrogen-bond acceptors (Lipinski definition) is 8. The number of carbonyl (C=O) groups excluding carboxylic acids is 1. The van der Waals surface area contributed by atoms with Crippen LogP contribution in [0.4, 0.5) is 0 Å². The molecular formula is C53H78O8S. The molecule has 4 aliphatic carbocycles. The highest BCUT2D eigenvalue weighted by Gasteiger charge is 2.58. The highest BCUT2D eigenvalue weighted by molar-refractivity contribution is 8.30. The Labute approximate surface area is 376 Å². The lowest BCUT2D eigenvalue weighted by molar-refractivity contribution is -0.160. The maximum atomic E-state index is 16.0. The number of ether oxygens (including phenoxy) is 6. The predicted molar refractivity (Wildman–Crippen MR) is 251 cm³/mol. The molecule has 0 unspecified atom stereocenters. The standard InChI is InChI=1S/C53H78O8S/c1-7-13-24-55-43-33-46(57-26-15-9-3)50(47(34-43)58-27-16-10-4)62(45-22-20-19-21-23-45,61-52(54)53-37-40-30-41(38-53)32-42(31-40)39-53)51-48(59-28-17-11-5)35-44(56-25-14-8-2)36-49(51)60-29-18-12-6/h19-23,33-36,40-42H,7-18,24-32,37-39H2,1-6H3. The van der Waals surface area contributed by atoms with E-state index in [2.05, 4.69) is 53.7 Å². The zero-order chi connectivity index (χ0) is 43.8. The van der Waals surface area contributed by atoms with E-state index in [4.69, 9.17) is 32.6 Å². The van der Waals surface area contributed by atoms with Crippen LogP contribution in [0.15, 0.2) is 69.3 Å². The molecule has 0 heterocycles. The van der Waals surface area contributed by atoms with Gasteiger partial charge in [-0.15, -0.1) is 0 Å². The van der Waals surface area contributed by atoms with E-state index in [1.54, 1.807) is 0 Å². The second-order valence-corrected chi connectivity index (χ2v) is 20.7. The largest absolute Gasteiger partial charge is 0.493 e. The van der Waals surface area contributed by atoms with E-state index in [1.165, 1.54) is 19.3 Å². The molecule has 344 valence electrons. The molecule has 7 rings (SSSR count). The van der Waals surface area contributed by atoms with Gasteiger partial charge in [0.2, 0.25) is 0 Å². The maximum absolute atomic E-state index is 16.0. The summed E-state index contributed by atoms with van der Waals surface area (Å²) in [4.78, 5) is 18.2. The molecule has 4 aliphatic rings. The van der Waals surface area contributed by atoms with Gasteiger partial charge in [-0.2, -0.15) is 0 Å². The molecule has 3 aromatic carbocycles. The van der Waals surface area contributed by atoms with E-state index in [-0.39, 0.29) is 5.97 Å². The maximum Gasteiger partial charge on any atom is 0.323 e. The molecule has 0 radical (unpaired) electrons. The second-order valence-electron chi connectivity index (χ2n) is 18.1. The SMILES string of the molecule is CCCCOc1cc(OCCCC)c(S(OC(=O)C23CC4CC(CC(C4)C2)C3)(c2ccccc2)c2c(OCCCC)cc(OCCCC)cc2OCCCC)c(OCCCC)c1. The fourth-order valence-corrected chi connectivity index (χ4v) is 13.4. The Balaban J connectivity index is 1.72. The number of benzene rings is 3. The Kier molecular flexibility index (Phi) is 18.3. The smallest absolute Gasteiger partial charge is 0.323 e. The summed E-state index contributed by atoms with van der Waals surface area (Å²) in [5.41, 5.74) is -0.562. The van der Waals surface area contributed by atoms with Crippen molar-refractivity contribution in [2.45, 2.75) is 172 Å². The van der Waals surface area contributed by atoms with Crippen molar-refractivity contribution in [2.75, 3.05) is 39.6 Å². The monoisotopic (exact) mass is 875 g/mol. The summed E-state index contributed by atoms with van der Waals surface area (Å²) >= 11 is 0. The topological polar surface area (TPSA) is 81.7 Å². The van der Waals surface area contributed by atoms with Crippen molar-refractivity contribution in [3.63, 3.8) is 0 Å². The average Bonchev–Trinajstić information content (AvgIpc) is 3.26. The molecule has 0 aromatic heterocycles. The molecule has 3 aromatic rings. The Morgan fingerprint density at radius 1 is 0.500 bits per heavy atom. The van der Waals surface area contributed by atoms with Crippen molar-refractivity contribution in [2.24, 2.45) is 23.2 Å². The van der Waals surface area contributed by atoms with Crippen molar-refractivity contribution in [3.05, 3.63) is 54.6 Å². The third-order valence-electron chi connectivity index (χ3n) is 12.9. The van der Waals surface area contributed by atoms with Gasteiger partial charge in [-0.3, -0.25) is 4.79 Å². The summed E-state index contributed by atoms with van der Waals surface area (Å²) in [5.74, 6) is 5.26. The summed E-state index contributed by atoms with van der Waals surface area (Å²) in [5, 5.41) is 0. The highest BCUT2D eigenvalue weighted by atomic mass is 32.3. The second kappa shape index (κ2) is 23.8. The Hall–Kier alpha value is -3.72. The minimum Gasteiger partial charge on any atom is -0.493 e. The Bertz CT molecular complexity index is 1650. The lowest BCUT2D eigenvalue weighted by Gasteiger charge is -2.56. The minimum absolute atomic E-state index is 0.125. The lowest BCUT2D eigenvalue weighted by Crippen LogP contribution is -2.50. The van der Waals surface area contributed by atoms with Gasteiger partial charge in [-0.25, -0.2) is 0 Å². The van der Waals surface area contributed by atoms with Crippen molar-refractivity contribution in [3.8, 4) is 34.5 Å². The lowest BCUT2D eigenvalue weighted by atomic mass is 9.49. The van der Waals surface area contributed by atoms with Crippen LogP contribution in [-0.4, -0.2) is 45.6 Å². The molecule has 0 saturated heterocycles. The van der Waals surface area contributed by atoms with Crippen LogP contribution >= 0.6 is 10.3 Å². The first-order valence-electron chi connectivity index (χ1n) is 24.6. The molecule has 0 atom stereocenters. The van der Waals surface area contributed by atoms with E-state index in [1.807, 2.05) is 42.5 Å². The zero-order valence-electron chi connectivity index (χ0n) is 39.1. The van der Waals surface area contributed by atoms with Crippen LogP contribution in [0.5, 0.6) is 34.5 Å². The van der Waals surface area contributed by atoms with Crippen LogP contribution in [0, 0.1) is 23.2 Å². The first-order valence-corrected chi connectivity index (χ1v) is 26.1. The molecule has 0 amide bonds. The molecule has 9 heteroatoms. The number of hydrogen-bond donors (Lipinski definition) is 0. The van der Waals surface area contributed by atoms with Gasteiger partial charge in [0.05, 0.1) is 45.1 Å². The van der Waals surface area contributed by atoms with Crippen LogP contribution in [-0.2, 0) is 8.98 Å². The van der Waals surface area contributed by atoms with E-state index in [0.717, 1.165) is 101 Å². The van der Waals surface area contributed by atoms with Gasteiger partial charge in [-0.1, -0.05) is 98.3 Å².